The first-order valence-corrected chi connectivity index (χ1v) is 16.3. The normalized spacial score (nSPS) is 16.3. The van der Waals surface area contributed by atoms with Gasteiger partial charge >= 0.3 is 5.97 Å². The van der Waals surface area contributed by atoms with Crippen LogP contribution in [0.15, 0.2) is 34.7 Å². The Bertz CT molecular complexity index is 1500. The zero-order valence-electron chi connectivity index (χ0n) is 25.0. The highest BCUT2D eigenvalue weighted by molar-refractivity contribution is 14.1. The van der Waals surface area contributed by atoms with Crippen LogP contribution in [0.5, 0.6) is 11.5 Å². The van der Waals surface area contributed by atoms with Gasteiger partial charge in [0.15, 0.2) is 5.75 Å². The Hall–Kier alpha value is -3.11. The van der Waals surface area contributed by atoms with E-state index in [0.717, 1.165) is 34.8 Å². The van der Waals surface area contributed by atoms with Crippen molar-refractivity contribution in [3.05, 3.63) is 56.4 Å². The number of unbranched alkanes of at least 4 members (excludes halogenated alkanes) is 1. The van der Waals surface area contributed by atoms with Gasteiger partial charge in [-0.05, 0) is 103 Å². The largest absolute Gasteiger partial charge is 0.460 e. The number of esters is 1. The van der Waals surface area contributed by atoms with Crippen LogP contribution < -0.4 is 10.1 Å². The van der Waals surface area contributed by atoms with Crippen LogP contribution in [0.3, 0.4) is 0 Å². The van der Waals surface area contributed by atoms with E-state index in [4.69, 9.17) is 24.1 Å². The number of fused-ring (bicyclic) bond motifs is 1. The first-order valence-electron chi connectivity index (χ1n) is 15.2. The predicted octanol–water partition coefficient (Wildman–Crippen LogP) is 5.27. The molecule has 1 heterocycles. The van der Waals surface area contributed by atoms with Gasteiger partial charge in [0, 0.05) is 38.0 Å². The van der Waals surface area contributed by atoms with Crippen molar-refractivity contribution in [1.29, 1.82) is 0 Å². The fraction of sp³-hybridized carbons (Fsp3) is 0.471. The molecule has 0 unspecified atom stereocenters. The van der Waals surface area contributed by atoms with Crippen LogP contribution in [0.4, 0.5) is 0 Å². The highest BCUT2D eigenvalue weighted by Crippen LogP contribution is 2.36. The van der Waals surface area contributed by atoms with Gasteiger partial charge in [-0.2, -0.15) is 0 Å². The molecule has 1 saturated carbocycles. The first kappa shape index (κ1) is 33.8. The number of nitrogens with one attached hydrogen (secondary N) is 1. The topological polar surface area (TPSA) is 138 Å². The van der Waals surface area contributed by atoms with E-state index < -0.39 is 5.97 Å². The molecule has 0 bridgehead atoms. The number of hydrogen-bond donors (Lipinski definition) is 4. The van der Waals surface area contributed by atoms with Gasteiger partial charge in [-0.15, -0.1) is 0 Å². The van der Waals surface area contributed by atoms with Crippen molar-refractivity contribution in [3.8, 4) is 23.3 Å². The zero-order valence-corrected chi connectivity index (χ0v) is 27.2. The second-order valence-corrected chi connectivity index (χ2v) is 12.3. The number of amides is 1. The van der Waals surface area contributed by atoms with Crippen LogP contribution in [0.25, 0.3) is 11.0 Å². The predicted molar refractivity (Wildman–Crippen MR) is 175 cm³/mol. The van der Waals surface area contributed by atoms with Gasteiger partial charge in [-0.25, -0.2) is 4.79 Å². The van der Waals surface area contributed by atoms with E-state index in [2.05, 4.69) is 46.7 Å². The maximum atomic E-state index is 13.5. The van der Waals surface area contributed by atoms with Gasteiger partial charge in [0.05, 0.1) is 22.2 Å². The molecule has 3 aromatic rings. The molecular formula is C34H40INO8. The number of hydrogen-bond acceptors (Lipinski definition) is 8. The third-order valence-electron chi connectivity index (χ3n) is 7.54. The number of halogens is 1. The molecule has 1 fully saturated rings. The number of carbonyl (C=O) groups is 2. The summed E-state index contributed by atoms with van der Waals surface area (Å²) in [5.41, 5.74) is 2.21. The number of benzene rings is 2. The SMILES string of the molecule is CC1CCC(OC(=O)c2c(CCCO)oc3ccc(Oc4c(I)cc(CC(=O)NCCO)cc4C#CCCCO)cc23)CC1. The van der Waals surface area contributed by atoms with Crippen LogP contribution in [-0.4, -0.2) is 59.7 Å². The number of carbonyl (C=O) groups excluding carboxylic acids is 2. The molecule has 10 heteroatoms. The first-order chi connectivity index (χ1) is 21.3. The van der Waals surface area contributed by atoms with Crippen molar-refractivity contribution in [1.82, 2.24) is 5.32 Å². The summed E-state index contributed by atoms with van der Waals surface area (Å²) in [6.07, 6.45) is 5.58. The molecule has 0 radical (unpaired) electrons. The average Bonchev–Trinajstić information content (AvgIpc) is 3.37. The van der Waals surface area contributed by atoms with Gasteiger partial charge in [-0.3, -0.25) is 4.79 Å². The third-order valence-corrected chi connectivity index (χ3v) is 8.34. The second-order valence-electron chi connectivity index (χ2n) is 11.1. The molecule has 2 aromatic carbocycles. The molecule has 0 atom stereocenters. The van der Waals surface area contributed by atoms with Crippen LogP contribution in [0.2, 0.25) is 0 Å². The van der Waals surface area contributed by atoms with Crippen LogP contribution >= 0.6 is 22.6 Å². The maximum absolute atomic E-state index is 13.5. The van der Waals surface area contributed by atoms with Gasteiger partial charge in [0.1, 0.15) is 28.8 Å². The van der Waals surface area contributed by atoms with Crippen molar-refractivity contribution in [2.45, 2.75) is 70.8 Å². The number of aliphatic hydroxyl groups is 3. The van der Waals surface area contributed by atoms with E-state index in [1.807, 2.05) is 6.07 Å². The summed E-state index contributed by atoms with van der Waals surface area (Å²) in [7, 11) is 0. The van der Waals surface area contributed by atoms with Crippen molar-refractivity contribution < 1.29 is 38.8 Å². The Kier molecular flexibility index (Phi) is 12.9. The van der Waals surface area contributed by atoms with E-state index in [1.54, 1.807) is 24.3 Å². The van der Waals surface area contributed by atoms with Crippen molar-refractivity contribution in [2.75, 3.05) is 26.4 Å². The standard InChI is InChI=1S/C34H40INO8/c1-22-8-10-25(11-9-22)43-34(41)32-27-21-26(12-13-29(27)44-30(32)7-5-16-38)42-33-24(6-3-2-4-15-37)18-23(19-28(33)35)20-31(40)36-14-17-39/h12-13,18-19,21-22,25,37-39H,2,4-5,7-11,14-17,20H2,1H3,(H,36,40). The molecule has 0 aliphatic heterocycles. The van der Waals surface area contributed by atoms with E-state index in [-0.39, 0.29) is 44.8 Å². The van der Waals surface area contributed by atoms with Gasteiger partial charge in [0.2, 0.25) is 5.91 Å². The summed E-state index contributed by atoms with van der Waals surface area (Å²) in [6.45, 7) is 2.27. The number of furan rings is 1. The van der Waals surface area contributed by atoms with E-state index in [0.29, 0.717) is 71.0 Å². The molecule has 4 rings (SSSR count). The minimum absolute atomic E-state index is 0.0277. The minimum Gasteiger partial charge on any atom is -0.460 e. The van der Waals surface area contributed by atoms with E-state index in [1.165, 1.54) is 0 Å². The van der Waals surface area contributed by atoms with Crippen molar-refractivity contribution in [2.24, 2.45) is 5.92 Å². The summed E-state index contributed by atoms with van der Waals surface area (Å²) in [6, 6.07) is 8.93. The molecule has 0 saturated heterocycles. The van der Waals surface area contributed by atoms with Crippen LogP contribution in [0, 0.1) is 21.3 Å². The summed E-state index contributed by atoms with van der Waals surface area (Å²) in [4.78, 5) is 25.8. The Morgan fingerprint density at radius 3 is 2.55 bits per heavy atom. The summed E-state index contributed by atoms with van der Waals surface area (Å²) in [5.74, 6) is 7.64. The lowest BCUT2D eigenvalue weighted by atomic mass is 9.89. The third kappa shape index (κ3) is 9.20. The number of aryl methyl sites for hydroxylation is 1. The lowest BCUT2D eigenvalue weighted by molar-refractivity contribution is -0.120. The zero-order chi connectivity index (χ0) is 31.5. The fourth-order valence-electron chi connectivity index (χ4n) is 5.22. The smallest absolute Gasteiger partial charge is 0.342 e. The Balaban J connectivity index is 1.67. The highest BCUT2D eigenvalue weighted by Gasteiger charge is 2.27. The quantitative estimate of drug-likeness (QED) is 0.0813. The Morgan fingerprint density at radius 1 is 1.05 bits per heavy atom. The van der Waals surface area contributed by atoms with Crippen molar-refractivity contribution in [3.63, 3.8) is 0 Å². The monoisotopic (exact) mass is 717 g/mol. The van der Waals surface area contributed by atoms with Gasteiger partial charge in [0.25, 0.3) is 0 Å². The van der Waals surface area contributed by atoms with Crippen LogP contribution in [-0.2, 0) is 22.4 Å². The van der Waals surface area contributed by atoms with E-state index >= 15 is 0 Å². The number of aliphatic hydroxyl groups excluding tert-OH is 3. The lowest BCUT2D eigenvalue weighted by Gasteiger charge is -2.26. The molecule has 4 N–H and O–H groups in total. The number of ether oxygens (including phenoxy) is 2. The molecular weight excluding hydrogens is 677 g/mol. The maximum Gasteiger partial charge on any atom is 0.342 e. The lowest BCUT2D eigenvalue weighted by Crippen LogP contribution is -2.27. The minimum atomic E-state index is -0.428. The Labute approximate surface area is 271 Å². The molecule has 236 valence electrons. The van der Waals surface area contributed by atoms with Crippen molar-refractivity contribution >= 4 is 45.4 Å². The molecule has 1 amide bonds. The molecule has 0 spiro atoms. The molecule has 1 aromatic heterocycles. The fourth-order valence-corrected chi connectivity index (χ4v) is 6.02. The molecule has 1 aliphatic rings. The summed E-state index contributed by atoms with van der Waals surface area (Å²) in [5, 5.41) is 30.9. The van der Waals surface area contributed by atoms with E-state index in [9.17, 15) is 14.7 Å². The van der Waals surface area contributed by atoms with Crippen LogP contribution in [0.1, 0.15) is 79.1 Å². The molecule has 9 nitrogen and oxygen atoms in total. The second kappa shape index (κ2) is 16.8. The Morgan fingerprint density at radius 2 is 1.82 bits per heavy atom. The summed E-state index contributed by atoms with van der Waals surface area (Å²) >= 11 is 2.15. The molecule has 44 heavy (non-hydrogen) atoms. The molecule has 1 aliphatic carbocycles. The number of rotatable bonds is 13. The summed E-state index contributed by atoms with van der Waals surface area (Å²) < 4.78 is 19.2. The highest BCUT2D eigenvalue weighted by atomic mass is 127. The van der Waals surface area contributed by atoms with Gasteiger partial charge < -0.3 is 34.5 Å². The average molecular weight is 718 g/mol. The van der Waals surface area contributed by atoms with Gasteiger partial charge in [-0.1, -0.05) is 18.8 Å².